The molecule has 0 radical (unpaired) electrons. The number of hydrogen-bond donors (Lipinski definition) is 1. The summed E-state index contributed by atoms with van der Waals surface area (Å²) in [7, 11) is 2.05. The standard InChI is InChI=1S/C11H19N3O/c1-3-14-10(5-7-12-14)11(15)6-4-8-13(2)9-11/h5,7,15H,3-4,6,8-9H2,1-2H3. The molecule has 1 saturated heterocycles. The third-order valence-corrected chi connectivity index (χ3v) is 3.15. The predicted octanol–water partition coefficient (Wildman–Crippen LogP) is 0.816. The highest BCUT2D eigenvalue weighted by Gasteiger charge is 2.36. The summed E-state index contributed by atoms with van der Waals surface area (Å²) in [6.07, 6.45) is 3.65. The van der Waals surface area contributed by atoms with Gasteiger partial charge in [0, 0.05) is 19.3 Å². The van der Waals surface area contributed by atoms with Gasteiger partial charge in [-0.25, -0.2) is 0 Å². The van der Waals surface area contributed by atoms with Crippen molar-refractivity contribution >= 4 is 0 Å². The lowest BCUT2D eigenvalue weighted by Crippen LogP contribution is -2.45. The molecule has 1 aliphatic heterocycles. The second-order valence-corrected chi connectivity index (χ2v) is 4.41. The van der Waals surface area contributed by atoms with Gasteiger partial charge in [0.05, 0.1) is 5.69 Å². The van der Waals surface area contributed by atoms with E-state index >= 15 is 0 Å². The van der Waals surface area contributed by atoms with Crippen LogP contribution >= 0.6 is 0 Å². The molecule has 1 N–H and O–H groups in total. The summed E-state index contributed by atoms with van der Waals surface area (Å²) in [6.45, 7) is 4.64. The minimum atomic E-state index is -0.709. The van der Waals surface area contributed by atoms with Crippen molar-refractivity contribution in [3.8, 4) is 0 Å². The summed E-state index contributed by atoms with van der Waals surface area (Å²) in [5, 5.41) is 14.8. The molecule has 0 bridgehead atoms. The lowest BCUT2D eigenvalue weighted by atomic mass is 9.90. The van der Waals surface area contributed by atoms with Gasteiger partial charge in [-0.05, 0) is 39.4 Å². The average Bonchev–Trinajstić information content (AvgIpc) is 2.65. The fourth-order valence-corrected chi connectivity index (χ4v) is 2.44. The van der Waals surface area contributed by atoms with Gasteiger partial charge in [0.25, 0.3) is 0 Å². The molecule has 1 unspecified atom stereocenters. The van der Waals surface area contributed by atoms with Crippen LogP contribution in [0.25, 0.3) is 0 Å². The van der Waals surface area contributed by atoms with E-state index in [-0.39, 0.29) is 0 Å². The smallest absolute Gasteiger partial charge is 0.119 e. The van der Waals surface area contributed by atoms with Crippen molar-refractivity contribution in [1.82, 2.24) is 14.7 Å². The summed E-state index contributed by atoms with van der Waals surface area (Å²) >= 11 is 0. The van der Waals surface area contributed by atoms with Gasteiger partial charge in [-0.15, -0.1) is 0 Å². The first kappa shape index (κ1) is 10.6. The van der Waals surface area contributed by atoms with E-state index in [2.05, 4.69) is 17.0 Å². The lowest BCUT2D eigenvalue weighted by Gasteiger charge is -2.37. The molecular formula is C11H19N3O. The maximum absolute atomic E-state index is 10.6. The zero-order valence-corrected chi connectivity index (χ0v) is 9.48. The Balaban J connectivity index is 2.27. The molecule has 4 nitrogen and oxygen atoms in total. The van der Waals surface area contributed by atoms with Crippen LogP contribution in [-0.2, 0) is 12.1 Å². The Kier molecular flexibility index (Phi) is 2.80. The van der Waals surface area contributed by atoms with Gasteiger partial charge >= 0.3 is 0 Å². The maximum atomic E-state index is 10.6. The Morgan fingerprint density at radius 1 is 1.60 bits per heavy atom. The number of hydrogen-bond acceptors (Lipinski definition) is 3. The molecule has 4 heteroatoms. The summed E-state index contributed by atoms with van der Waals surface area (Å²) < 4.78 is 1.89. The highest BCUT2D eigenvalue weighted by molar-refractivity contribution is 5.13. The second-order valence-electron chi connectivity index (χ2n) is 4.41. The van der Waals surface area contributed by atoms with E-state index < -0.39 is 5.60 Å². The molecule has 2 rings (SSSR count). The first-order valence-corrected chi connectivity index (χ1v) is 5.59. The average molecular weight is 209 g/mol. The summed E-state index contributed by atoms with van der Waals surface area (Å²) in [6, 6.07) is 1.93. The predicted molar refractivity (Wildman–Crippen MR) is 58.5 cm³/mol. The Morgan fingerprint density at radius 3 is 3.07 bits per heavy atom. The van der Waals surface area contributed by atoms with Gasteiger partial charge in [0.15, 0.2) is 0 Å². The molecule has 84 valence electrons. The Morgan fingerprint density at radius 2 is 2.40 bits per heavy atom. The Hall–Kier alpha value is -0.870. The molecule has 1 aromatic heterocycles. The van der Waals surface area contributed by atoms with E-state index in [0.29, 0.717) is 6.54 Å². The number of rotatable bonds is 2. The zero-order valence-electron chi connectivity index (χ0n) is 9.48. The van der Waals surface area contributed by atoms with Crippen LogP contribution in [0.15, 0.2) is 12.3 Å². The first-order valence-electron chi connectivity index (χ1n) is 5.59. The van der Waals surface area contributed by atoms with Gasteiger partial charge in [0.1, 0.15) is 5.60 Å². The van der Waals surface area contributed by atoms with Gasteiger partial charge in [-0.1, -0.05) is 0 Å². The van der Waals surface area contributed by atoms with Crippen molar-refractivity contribution in [1.29, 1.82) is 0 Å². The van der Waals surface area contributed by atoms with Crippen LogP contribution in [0, 0.1) is 0 Å². The van der Waals surface area contributed by atoms with Crippen LogP contribution in [0.5, 0.6) is 0 Å². The van der Waals surface area contributed by atoms with Crippen molar-refractivity contribution in [2.45, 2.75) is 31.9 Å². The Labute approximate surface area is 90.5 Å². The van der Waals surface area contributed by atoms with Crippen LogP contribution in [0.4, 0.5) is 0 Å². The summed E-state index contributed by atoms with van der Waals surface area (Å²) in [5.74, 6) is 0. The molecule has 0 spiro atoms. The minimum Gasteiger partial charge on any atom is -0.382 e. The van der Waals surface area contributed by atoms with Crippen LogP contribution in [0.1, 0.15) is 25.5 Å². The van der Waals surface area contributed by atoms with Gasteiger partial charge in [-0.3, -0.25) is 4.68 Å². The number of aryl methyl sites for hydroxylation is 1. The molecule has 1 fully saturated rings. The molecule has 0 aromatic carbocycles. The summed E-state index contributed by atoms with van der Waals surface area (Å²) in [5.41, 5.74) is 0.246. The van der Waals surface area contributed by atoms with Gasteiger partial charge < -0.3 is 10.0 Å². The number of aliphatic hydroxyl groups is 1. The summed E-state index contributed by atoms with van der Waals surface area (Å²) in [4.78, 5) is 2.18. The molecule has 1 aliphatic rings. The minimum absolute atomic E-state index is 0.707. The van der Waals surface area contributed by atoms with Crippen molar-refractivity contribution in [3.63, 3.8) is 0 Å². The van der Waals surface area contributed by atoms with Crippen molar-refractivity contribution < 1.29 is 5.11 Å². The fraction of sp³-hybridized carbons (Fsp3) is 0.727. The number of piperidine rings is 1. The topological polar surface area (TPSA) is 41.3 Å². The van der Waals surface area contributed by atoms with E-state index in [0.717, 1.165) is 31.6 Å². The fourth-order valence-electron chi connectivity index (χ4n) is 2.44. The molecule has 1 atom stereocenters. The van der Waals surface area contributed by atoms with E-state index in [1.165, 1.54) is 0 Å². The molecule has 0 aliphatic carbocycles. The normalized spacial score (nSPS) is 28.2. The third kappa shape index (κ3) is 1.92. The van der Waals surface area contributed by atoms with Crippen LogP contribution in [-0.4, -0.2) is 39.9 Å². The number of aromatic nitrogens is 2. The van der Waals surface area contributed by atoms with Gasteiger partial charge in [-0.2, -0.15) is 5.10 Å². The number of β-amino-alcohol motifs (C(OH)–C–C–N with tert-alkyl or cyclic N) is 1. The number of likely N-dealkylation sites (tertiary alicyclic amines) is 1. The van der Waals surface area contributed by atoms with Crippen LogP contribution < -0.4 is 0 Å². The van der Waals surface area contributed by atoms with Crippen molar-refractivity contribution in [2.24, 2.45) is 0 Å². The molecule has 0 amide bonds. The Bertz CT molecular complexity index is 336. The van der Waals surface area contributed by atoms with E-state index in [9.17, 15) is 5.11 Å². The molecule has 15 heavy (non-hydrogen) atoms. The largest absolute Gasteiger partial charge is 0.382 e. The molecular weight excluding hydrogens is 190 g/mol. The number of nitrogens with zero attached hydrogens (tertiary/aromatic N) is 3. The van der Waals surface area contributed by atoms with Crippen molar-refractivity contribution in [2.75, 3.05) is 20.1 Å². The molecule has 1 aromatic rings. The lowest BCUT2D eigenvalue weighted by molar-refractivity contribution is -0.0345. The monoisotopic (exact) mass is 209 g/mol. The van der Waals surface area contributed by atoms with Crippen LogP contribution in [0.2, 0.25) is 0 Å². The van der Waals surface area contributed by atoms with E-state index in [1.807, 2.05) is 17.7 Å². The van der Waals surface area contributed by atoms with Crippen LogP contribution in [0.3, 0.4) is 0 Å². The SMILES string of the molecule is CCn1nccc1C1(O)CCCN(C)C1. The first-order chi connectivity index (χ1) is 7.15. The van der Waals surface area contributed by atoms with Crippen molar-refractivity contribution in [3.05, 3.63) is 18.0 Å². The van der Waals surface area contributed by atoms with E-state index in [1.54, 1.807) is 6.20 Å². The molecule has 2 heterocycles. The third-order valence-electron chi connectivity index (χ3n) is 3.15. The zero-order chi connectivity index (χ0) is 10.9. The highest BCUT2D eigenvalue weighted by Crippen LogP contribution is 2.30. The molecule has 0 saturated carbocycles. The number of likely N-dealkylation sites (N-methyl/N-ethyl adjacent to an activating group) is 1. The second kappa shape index (κ2) is 3.94. The quantitative estimate of drug-likeness (QED) is 0.784. The van der Waals surface area contributed by atoms with E-state index in [4.69, 9.17) is 0 Å². The highest BCUT2D eigenvalue weighted by atomic mass is 16.3. The van der Waals surface area contributed by atoms with Gasteiger partial charge in [0.2, 0.25) is 0 Å². The maximum Gasteiger partial charge on any atom is 0.119 e.